The van der Waals surface area contributed by atoms with Crippen molar-refractivity contribution in [1.82, 2.24) is 0 Å². The third-order valence-corrected chi connectivity index (χ3v) is 9.18. The van der Waals surface area contributed by atoms with Gasteiger partial charge in [0.05, 0.1) is 6.10 Å². The molecule has 3 nitrogen and oxygen atoms in total. The van der Waals surface area contributed by atoms with Crippen molar-refractivity contribution in [1.29, 1.82) is 0 Å². The molecule has 0 aromatic heterocycles. The van der Waals surface area contributed by atoms with Crippen LogP contribution in [0.4, 0.5) is 0 Å². The Morgan fingerprint density at radius 3 is 2.52 bits per heavy atom. The van der Waals surface area contributed by atoms with Crippen LogP contribution in [0.25, 0.3) is 0 Å². The highest BCUT2D eigenvalue weighted by molar-refractivity contribution is 5.87. The number of hydrogen-bond donors (Lipinski definition) is 1. The molecule has 25 heavy (non-hydrogen) atoms. The summed E-state index contributed by atoms with van der Waals surface area (Å²) in [7, 11) is 0. The topological polar surface area (TPSA) is 54.4 Å². The van der Waals surface area contributed by atoms with E-state index in [1.165, 1.54) is 0 Å². The van der Waals surface area contributed by atoms with E-state index in [0.29, 0.717) is 30.0 Å². The second-order valence-electron chi connectivity index (χ2n) is 10.4. The molecule has 0 bridgehead atoms. The number of carbonyl (C=O) groups excluding carboxylic acids is 2. The zero-order valence-corrected chi connectivity index (χ0v) is 16.3. The lowest BCUT2D eigenvalue weighted by Crippen LogP contribution is -2.59. The Morgan fingerprint density at radius 2 is 1.84 bits per heavy atom. The van der Waals surface area contributed by atoms with Crippen LogP contribution in [0.3, 0.4) is 0 Å². The van der Waals surface area contributed by atoms with E-state index in [1.54, 1.807) is 6.92 Å². The molecule has 140 valence electrons. The molecular formula is C22H34O3. The van der Waals surface area contributed by atoms with Crippen molar-refractivity contribution in [2.75, 3.05) is 0 Å². The summed E-state index contributed by atoms with van der Waals surface area (Å²) in [5.74, 6) is 2.71. The van der Waals surface area contributed by atoms with Crippen LogP contribution in [-0.4, -0.2) is 22.8 Å². The van der Waals surface area contributed by atoms with E-state index in [1.807, 2.05) is 0 Å². The second kappa shape index (κ2) is 5.65. The van der Waals surface area contributed by atoms with Crippen LogP contribution < -0.4 is 0 Å². The summed E-state index contributed by atoms with van der Waals surface area (Å²) in [5.41, 5.74) is -0.0542. The molecule has 4 saturated carbocycles. The third-order valence-electron chi connectivity index (χ3n) is 9.18. The number of hydrogen-bond acceptors (Lipinski definition) is 3. The first-order valence-corrected chi connectivity index (χ1v) is 10.4. The fourth-order valence-corrected chi connectivity index (χ4v) is 8.08. The molecule has 4 fully saturated rings. The second-order valence-corrected chi connectivity index (χ2v) is 10.4. The van der Waals surface area contributed by atoms with Gasteiger partial charge in [0, 0.05) is 18.3 Å². The maximum atomic E-state index is 13.4. The average Bonchev–Trinajstić information content (AvgIpc) is 2.85. The van der Waals surface area contributed by atoms with Crippen molar-refractivity contribution in [3.63, 3.8) is 0 Å². The summed E-state index contributed by atoms with van der Waals surface area (Å²) < 4.78 is 0. The minimum absolute atomic E-state index is 0.0499. The van der Waals surface area contributed by atoms with Gasteiger partial charge < -0.3 is 5.11 Å². The highest BCUT2D eigenvalue weighted by Crippen LogP contribution is 2.66. The van der Waals surface area contributed by atoms with Crippen LogP contribution in [0.1, 0.15) is 72.6 Å². The highest BCUT2D eigenvalue weighted by Gasteiger charge is 2.64. The predicted octanol–water partition coefficient (Wildman–Crippen LogP) is 4.02. The Morgan fingerprint density at radius 1 is 1.12 bits per heavy atom. The van der Waals surface area contributed by atoms with Crippen molar-refractivity contribution in [3.8, 4) is 0 Å². The van der Waals surface area contributed by atoms with Gasteiger partial charge in [-0.15, -0.1) is 0 Å². The quantitative estimate of drug-likeness (QED) is 0.780. The first kappa shape index (κ1) is 17.7. The maximum absolute atomic E-state index is 13.4. The summed E-state index contributed by atoms with van der Waals surface area (Å²) in [6, 6.07) is 0. The molecule has 4 aliphatic rings. The van der Waals surface area contributed by atoms with Crippen molar-refractivity contribution in [2.45, 2.75) is 78.7 Å². The Hall–Kier alpha value is -0.700. The molecule has 4 aliphatic carbocycles. The van der Waals surface area contributed by atoms with Gasteiger partial charge in [0.25, 0.3) is 0 Å². The first-order valence-electron chi connectivity index (χ1n) is 10.4. The molecule has 0 aromatic carbocycles. The molecule has 0 spiro atoms. The summed E-state index contributed by atoms with van der Waals surface area (Å²) >= 11 is 0. The summed E-state index contributed by atoms with van der Waals surface area (Å²) in [5, 5.41) is 10.4. The molecule has 0 saturated heterocycles. The Bertz CT molecular complexity index is 598. The van der Waals surface area contributed by atoms with Gasteiger partial charge in [0.2, 0.25) is 0 Å². The summed E-state index contributed by atoms with van der Waals surface area (Å²) in [6.07, 6.45) is 6.59. The van der Waals surface area contributed by atoms with E-state index >= 15 is 0 Å². The minimum atomic E-state index is -0.202. The monoisotopic (exact) mass is 346 g/mol. The van der Waals surface area contributed by atoms with Gasteiger partial charge in [-0.25, -0.2) is 0 Å². The lowest BCUT2D eigenvalue weighted by Gasteiger charge is -2.60. The third kappa shape index (κ3) is 2.33. The van der Waals surface area contributed by atoms with Crippen LogP contribution in [0, 0.1) is 46.3 Å². The van der Waals surface area contributed by atoms with Crippen molar-refractivity contribution < 1.29 is 14.7 Å². The number of Topliss-reactive ketones (excluding diaryl/α,β-unsaturated/α-hetero) is 2. The Kier molecular flexibility index (Phi) is 4.00. The molecule has 0 heterocycles. The molecule has 9 atom stereocenters. The SMILES string of the molecule is CC(=O)[C@H]1CC[C@H]2[C@@H]3CC[C@H]4C[C@H](O)[C@@H](C)C[C@]4(C)[C@H]3C(=O)C[C@]12C. The molecule has 0 aromatic rings. The van der Waals surface area contributed by atoms with Crippen LogP contribution in [0.15, 0.2) is 0 Å². The maximum Gasteiger partial charge on any atom is 0.137 e. The van der Waals surface area contributed by atoms with Crippen molar-refractivity contribution >= 4 is 11.6 Å². The zero-order chi connectivity index (χ0) is 18.1. The number of fused-ring (bicyclic) bond motifs is 5. The number of carbonyl (C=O) groups is 2. The molecule has 1 N–H and O–H groups in total. The van der Waals surface area contributed by atoms with E-state index in [2.05, 4.69) is 20.8 Å². The average molecular weight is 347 g/mol. The number of aliphatic hydroxyl groups excluding tert-OH is 1. The molecular weight excluding hydrogens is 312 g/mol. The lowest BCUT2D eigenvalue weighted by molar-refractivity contribution is -0.166. The Labute approximate surface area is 151 Å². The number of rotatable bonds is 1. The van der Waals surface area contributed by atoms with E-state index in [0.717, 1.165) is 38.5 Å². The number of aliphatic hydroxyl groups is 1. The van der Waals surface area contributed by atoms with Gasteiger partial charge in [-0.05, 0) is 80.0 Å². The molecule has 0 amide bonds. The van der Waals surface area contributed by atoms with Crippen molar-refractivity contribution in [2.24, 2.45) is 46.3 Å². The van der Waals surface area contributed by atoms with E-state index < -0.39 is 0 Å². The largest absolute Gasteiger partial charge is 0.393 e. The Balaban J connectivity index is 1.69. The smallest absolute Gasteiger partial charge is 0.137 e. The standard InChI is InChI=1S/C22H34O3/c1-12-10-21(3)14(9-18(12)24)5-6-15-17-8-7-16(13(2)23)22(17,4)11-19(25)20(15)21/h12,14-18,20,24H,5-11H2,1-4H3/t12-,14-,15-,16+,17-,18-,20+,21-,22+/m0/s1. The van der Waals surface area contributed by atoms with Crippen molar-refractivity contribution in [3.05, 3.63) is 0 Å². The molecule has 3 heteroatoms. The van der Waals surface area contributed by atoms with Gasteiger partial charge in [0.15, 0.2) is 0 Å². The molecule has 0 unspecified atom stereocenters. The molecule has 0 aliphatic heterocycles. The van der Waals surface area contributed by atoms with E-state index in [4.69, 9.17) is 0 Å². The van der Waals surface area contributed by atoms with Crippen LogP contribution in [-0.2, 0) is 9.59 Å². The highest BCUT2D eigenvalue weighted by atomic mass is 16.3. The van der Waals surface area contributed by atoms with Crippen LogP contribution in [0.2, 0.25) is 0 Å². The molecule has 0 radical (unpaired) electrons. The predicted molar refractivity (Wildman–Crippen MR) is 96.8 cm³/mol. The van der Waals surface area contributed by atoms with Crippen LogP contribution in [0.5, 0.6) is 0 Å². The molecule has 4 rings (SSSR count). The van der Waals surface area contributed by atoms with E-state index in [-0.39, 0.29) is 40.5 Å². The minimum Gasteiger partial charge on any atom is -0.393 e. The van der Waals surface area contributed by atoms with Gasteiger partial charge in [-0.2, -0.15) is 0 Å². The van der Waals surface area contributed by atoms with Gasteiger partial charge in [-0.3, -0.25) is 9.59 Å². The zero-order valence-electron chi connectivity index (χ0n) is 16.3. The lowest BCUT2D eigenvalue weighted by atomic mass is 9.43. The van der Waals surface area contributed by atoms with Gasteiger partial charge in [0.1, 0.15) is 11.6 Å². The normalized spacial score (nSPS) is 55.2. The summed E-state index contributed by atoms with van der Waals surface area (Å²) in [4.78, 5) is 25.6. The van der Waals surface area contributed by atoms with Gasteiger partial charge in [-0.1, -0.05) is 20.8 Å². The fourth-order valence-electron chi connectivity index (χ4n) is 8.08. The fraction of sp³-hybridized carbons (Fsp3) is 0.909. The number of ketones is 2. The van der Waals surface area contributed by atoms with Crippen LogP contribution >= 0.6 is 0 Å². The van der Waals surface area contributed by atoms with E-state index in [9.17, 15) is 14.7 Å². The first-order chi connectivity index (χ1) is 11.7. The summed E-state index contributed by atoms with van der Waals surface area (Å²) in [6.45, 7) is 8.44. The van der Waals surface area contributed by atoms with Gasteiger partial charge >= 0.3 is 0 Å².